The van der Waals surface area contributed by atoms with E-state index in [-0.39, 0.29) is 29.6 Å². The average Bonchev–Trinajstić information content (AvgIpc) is 2.30. The van der Waals surface area contributed by atoms with E-state index in [0.717, 1.165) is 0 Å². The fraction of sp³-hybridized carbons (Fsp3) is 0. The number of aromatic hydroxyl groups is 1. The van der Waals surface area contributed by atoms with Gasteiger partial charge in [-0.15, -0.1) is 0 Å². The number of carbonyl (C=O) groups excluding carboxylic acids is 2. The monoisotopic (exact) mass is 193 g/mol. The molecule has 0 aliphatic rings. The minimum atomic E-state index is -1.63. The Morgan fingerprint density at radius 1 is 1.54 bits per heavy atom. The van der Waals surface area contributed by atoms with E-state index in [1.54, 1.807) is 0 Å². The van der Waals surface area contributed by atoms with Crippen LogP contribution in [0.2, 0.25) is 0 Å². The maximum atomic E-state index is 10.4. The van der Waals surface area contributed by atoms with E-state index in [1.165, 1.54) is 0 Å². The second-order valence-electron chi connectivity index (χ2n) is 1.93. The quantitative estimate of drug-likeness (QED) is 0.403. The van der Waals surface area contributed by atoms with Gasteiger partial charge in [-0.05, 0) is 0 Å². The van der Waals surface area contributed by atoms with Crippen LogP contribution in [-0.4, -0.2) is 27.0 Å². The molecule has 0 spiro atoms. The van der Waals surface area contributed by atoms with Crippen LogP contribution in [0, 0.1) is 0 Å². The smallest absolute Gasteiger partial charge is 0.542 e. The SMILES string of the molecule is NC(=O)c1nc(C(=O)[O-])[nH]c1O.[Na+]. The predicted molar refractivity (Wildman–Crippen MR) is 33.1 cm³/mol. The number of hydrogen-bond acceptors (Lipinski definition) is 5. The number of aromatic nitrogens is 2. The molecule has 64 valence electrons. The topological polar surface area (TPSA) is 132 Å². The standard InChI is InChI=1S/C5H5N3O4.Na/c6-2(9)1-4(10)8-3(7-1)5(11)12;/h10H,(H2,6,9)(H,7,8)(H,11,12);/q;+1/p-1. The summed E-state index contributed by atoms with van der Waals surface area (Å²) in [5.41, 5.74) is 4.21. The molecule has 0 aliphatic heterocycles. The molecule has 1 aromatic heterocycles. The van der Waals surface area contributed by atoms with Crippen LogP contribution in [0.3, 0.4) is 0 Å². The van der Waals surface area contributed by atoms with Crippen LogP contribution in [0.5, 0.6) is 5.88 Å². The van der Waals surface area contributed by atoms with E-state index in [0.29, 0.717) is 0 Å². The molecule has 8 heteroatoms. The average molecular weight is 193 g/mol. The number of amides is 1. The minimum absolute atomic E-state index is 0. The first kappa shape index (κ1) is 11.9. The van der Waals surface area contributed by atoms with E-state index in [1.807, 2.05) is 4.98 Å². The Bertz CT molecular complexity index is 348. The number of carbonyl (C=O) groups is 2. The molecule has 0 unspecified atom stereocenters. The number of nitrogens with one attached hydrogen (secondary N) is 1. The van der Waals surface area contributed by atoms with Crippen molar-refractivity contribution in [2.24, 2.45) is 5.73 Å². The predicted octanol–water partition coefficient (Wildman–Crippen LogP) is -5.42. The van der Waals surface area contributed by atoms with Gasteiger partial charge in [-0.2, -0.15) is 0 Å². The van der Waals surface area contributed by atoms with E-state index >= 15 is 0 Å². The molecule has 0 atom stereocenters. The Labute approximate surface area is 94.3 Å². The summed E-state index contributed by atoms with van der Waals surface area (Å²) in [6, 6.07) is 0. The van der Waals surface area contributed by atoms with Crippen molar-refractivity contribution in [2.45, 2.75) is 0 Å². The Hall–Kier alpha value is -1.05. The number of nitrogens with zero attached hydrogens (tertiary/aromatic N) is 1. The number of imidazole rings is 1. The molecule has 0 radical (unpaired) electrons. The fourth-order valence-electron chi connectivity index (χ4n) is 0.633. The van der Waals surface area contributed by atoms with Gasteiger partial charge in [0.1, 0.15) is 5.97 Å². The van der Waals surface area contributed by atoms with Gasteiger partial charge in [0.25, 0.3) is 5.91 Å². The van der Waals surface area contributed by atoms with Gasteiger partial charge in [0.15, 0.2) is 11.5 Å². The van der Waals surface area contributed by atoms with Crippen LogP contribution in [0.4, 0.5) is 0 Å². The van der Waals surface area contributed by atoms with Gasteiger partial charge < -0.3 is 25.7 Å². The largest absolute Gasteiger partial charge is 1.00 e. The number of rotatable bonds is 2. The van der Waals surface area contributed by atoms with E-state index in [4.69, 9.17) is 10.8 Å². The van der Waals surface area contributed by atoms with Gasteiger partial charge in [0, 0.05) is 0 Å². The van der Waals surface area contributed by atoms with Gasteiger partial charge >= 0.3 is 29.6 Å². The van der Waals surface area contributed by atoms with Crippen molar-refractivity contribution in [3.63, 3.8) is 0 Å². The van der Waals surface area contributed by atoms with Crippen molar-refractivity contribution in [3.8, 4) is 5.88 Å². The third-order valence-corrected chi connectivity index (χ3v) is 1.11. The van der Waals surface area contributed by atoms with E-state index < -0.39 is 29.3 Å². The van der Waals surface area contributed by atoms with Crippen LogP contribution in [0.15, 0.2) is 0 Å². The first-order valence-electron chi connectivity index (χ1n) is 2.82. The normalized spacial score (nSPS) is 8.92. The molecular weight excluding hydrogens is 189 g/mol. The van der Waals surface area contributed by atoms with Crippen LogP contribution >= 0.6 is 0 Å². The molecule has 1 heterocycles. The molecule has 13 heavy (non-hydrogen) atoms. The molecule has 1 aromatic rings. The van der Waals surface area contributed by atoms with Crippen molar-refractivity contribution >= 4 is 11.9 Å². The van der Waals surface area contributed by atoms with Crippen molar-refractivity contribution in [1.82, 2.24) is 9.97 Å². The number of hydrogen-bond donors (Lipinski definition) is 3. The molecule has 1 amide bonds. The molecule has 1 rings (SSSR count). The van der Waals surface area contributed by atoms with Crippen molar-refractivity contribution < 1.29 is 49.4 Å². The zero-order valence-electron chi connectivity index (χ0n) is 6.70. The first-order valence-corrected chi connectivity index (χ1v) is 2.82. The number of carboxylic acid groups (broad SMARTS) is 1. The van der Waals surface area contributed by atoms with Crippen LogP contribution in [0.1, 0.15) is 21.1 Å². The molecule has 0 aliphatic carbocycles. The molecule has 4 N–H and O–H groups in total. The zero-order chi connectivity index (χ0) is 9.30. The third-order valence-electron chi connectivity index (χ3n) is 1.11. The van der Waals surface area contributed by atoms with Gasteiger partial charge in [0.05, 0.1) is 0 Å². The molecule has 7 nitrogen and oxygen atoms in total. The minimum Gasteiger partial charge on any atom is -0.542 e. The fourth-order valence-corrected chi connectivity index (χ4v) is 0.633. The number of nitrogens with two attached hydrogens (primary N) is 1. The van der Waals surface area contributed by atoms with Crippen LogP contribution < -0.4 is 40.4 Å². The van der Waals surface area contributed by atoms with Crippen molar-refractivity contribution in [3.05, 3.63) is 11.5 Å². The Kier molecular flexibility index (Phi) is 3.92. The van der Waals surface area contributed by atoms with Crippen molar-refractivity contribution in [1.29, 1.82) is 0 Å². The summed E-state index contributed by atoms with van der Waals surface area (Å²) >= 11 is 0. The maximum Gasteiger partial charge on any atom is 1.00 e. The summed E-state index contributed by atoms with van der Waals surface area (Å²) in [6.07, 6.45) is 0. The van der Waals surface area contributed by atoms with Crippen LogP contribution in [0.25, 0.3) is 0 Å². The summed E-state index contributed by atoms with van der Waals surface area (Å²) in [7, 11) is 0. The Balaban J connectivity index is 0.00000144. The van der Waals surface area contributed by atoms with Crippen LogP contribution in [-0.2, 0) is 0 Å². The number of carboxylic acids is 1. The summed E-state index contributed by atoms with van der Waals surface area (Å²) in [5.74, 6) is -3.96. The van der Waals surface area contributed by atoms with E-state index in [2.05, 4.69) is 4.98 Å². The number of aromatic amines is 1. The molecule has 0 saturated heterocycles. The van der Waals surface area contributed by atoms with Crippen molar-refractivity contribution in [2.75, 3.05) is 0 Å². The summed E-state index contributed by atoms with van der Waals surface area (Å²) in [6.45, 7) is 0. The second-order valence-corrected chi connectivity index (χ2v) is 1.93. The molecule has 0 aromatic carbocycles. The number of primary amides is 1. The molecule has 0 saturated carbocycles. The number of aromatic carboxylic acids is 1. The molecule has 0 bridgehead atoms. The van der Waals surface area contributed by atoms with Gasteiger partial charge in [-0.25, -0.2) is 4.98 Å². The van der Waals surface area contributed by atoms with Gasteiger partial charge in [0.2, 0.25) is 5.88 Å². The van der Waals surface area contributed by atoms with E-state index in [9.17, 15) is 14.7 Å². The molecule has 0 fully saturated rings. The number of H-pyrrole nitrogens is 1. The second kappa shape index (κ2) is 4.26. The first-order chi connectivity index (χ1) is 5.52. The Morgan fingerprint density at radius 2 is 2.08 bits per heavy atom. The Morgan fingerprint density at radius 3 is 2.31 bits per heavy atom. The van der Waals surface area contributed by atoms with Gasteiger partial charge in [-0.1, -0.05) is 0 Å². The summed E-state index contributed by atoms with van der Waals surface area (Å²) < 4.78 is 0. The maximum absolute atomic E-state index is 10.4. The molecular formula is C5H4N3NaO4. The third kappa shape index (κ3) is 2.44. The zero-order valence-corrected chi connectivity index (χ0v) is 8.70. The summed E-state index contributed by atoms with van der Waals surface area (Å²) in [4.78, 5) is 25.6. The van der Waals surface area contributed by atoms with Gasteiger partial charge in [-0.3, -0.25) is 4.79 Å². The summed E-state index contributed by atoms with van der Waals surface area (Å²) in [5, 5.41) is 19.0.